The number of halogens is 1. The van der Waals surface area contributed by atoms with E-state index in [1.54, 1.807) is 18.2 Å². The van der Waals surface area contributed by atoms with Crippen LogP contribution >= 0.6 is 23.1 Å². The third kappa shape index (κ3) is 3.78. The summed E-state index contributed by atoms with van der Waals surface area (Å²) in [6.07, 6.45) is 4.99. The summed E-state index contributed by atoms with van der Waals surface area (Å²) in [5.41, 5.74) is 0.571. The average molecular weight is 459 g/mol. The number of amides is 3. The molecule has 2 fully saturated rings. The molecule has 2 aliphatic carbocycles. The first-order valence-electron chi connectivity index (χ1n) is 10.0. The van der Waals surface area contributed by atoms with Gasteiger partial charge in [-0.1, -0.05) is 53.4 Å². The smallest absolute Gasteiger partial charge is 0.233 e. The Balaban J connectivity index is 1.12. The number of imide groups is 1. The van der Waals surface area contributed by atoms with Crippen molar-refractivity contribution in [1.29, 1.82) is 0 Å². The molecule has 1 saturated carbocycles. The summed E-state index contributed by atoms with van der Waals surface area (Å²) in [6.45, 7) is 0.0731. The fourth-order valence-electron chi connectivity index (χ4n) is 4.65. The molecule has 31 heavy (non-hydrogen) atoms. The highest BCUT2D eigenvalue weighted by atomic mass is 32.2. The van der Waals surface area contributed by atoms with Crippen molar-refractivity contribution in [3.05, 3.63) is 47.8 Å². The lowest BCUT2D eigenvalue weighted by Gasteiger charge is -2.16. The molecule has 10 heteroatoms. The Kier molecular flexibility index (Phi) is 5.35. The van der Waals surface area contributed by atoms with Crippen LogP contribution < -0.4 is 5.32 Å². The van der Waals surface area contributed by atoms with Crippen molar-refractivity contribution in [3.8, 4) is 0 Å². The van der Waals surface area contributed by atoms with Crippen LogP contribution in [0.15, 0.2) is 40.8 Å². The van der Waals surface area contributed by atoms with Crippen LogP contribution in [0.2, 0.25) is 0 Å². The number of hydrogen-bond donors (Lipinski definition) is 1. The Morgan fingerprint density at radius 2 is 1.87 bits per heavy atom. The maximum Gasteiger partial charge on any atom is 0.233 e. The minimum Gasteiger partial charge on any atom is -0.300 e. The highest BCUT2D eigenvalue weighted by Gasteiger charge is 2.59. The maximum atomic E-state index is 13.7. The maximum absolute atomic E-state index is 13.7. The van der Waals surface area contributed by atoms with Gasteiger partial charge < -0.3 is 5.32 Å². The van der Waals surface area contributed by atoms with E-state index in [9.17, 15) is 18.8 Å². The van der Waals surface area contributed by atoms with Gasteiger partial charge in [0.1, 0.15) is 5.82 Å². The summed E-state index contributed by atoms with van der Waals surface area (Å²) in [7, 11) is 0. The normalized spacial score (nSPS) is 26.0. The van der Waals surface area contributed by atoms with Crippen LogP contribution in [0, 0.1) is 29.5 Å². The Morgan fingerprint density at radius 1 is 1.16 bits per heavy atom. The van der Waals surface area contributed by atoms with Gasteiger partial charge in [-0.15, -0.1) is 10.2 Å². The lowest BCUT2D eigenvalue weighted by atomic mass is 9.85. The molecule has 1 N–H and O–H groups in total. The highest BCUT2D eigenvalue weighted by molar-refractivity contribution is 8.00. The molecule has 5 rings (SSSR count). The molecule has 1 aliphatic heterocycles. The van der Waals surface area contributed by atoms with Crippen LogP contribution in [0.4, 0.5) is 9.52 Å². The summed E-state index contributed by atoms with van der Waals surface area (Å²) in [4.78, 5) is 38.9. The number of carbonyl (C=O) groups is 3. The minimum atomic E-state index is -0.333. The van der Waals surface area contributed by atoms with Crippen molar-refractivity contribution in [2.75, 3.05) is 11.9 Å². The van der Waals surface area contributed by atoms with E-state index in [4.69, 9.17) is 0 Å². The lowest BCUT2D eigenvalue weighted by molar-refractivity contribution is -0.140. The number of aromatic nitrogens is 2. The number of anilines is 1. The number of nitrogens with one attached hydrogen (secondary N) is 1. The average Bonchev–Trinajstić information content (AvgIpc) is 3.52. The zero-order valence-corrected chi connectivity index (χ0v) is 18.0. The van der Waals surface area contributed by atoms with Crippen LogP contribution in [0.5, 0.6) is 0 Å². The van der Waals surface area contributed by atoms with Crippen molar-refractivity contribution in [2.45, 2.75) is 22.9 Å². The molecular formula is C21H19FN4O3S2. The van der Waals surface area contributed by atoms with Gasteiger partial charge in [0, 0.05) is 18.7 Å². The van der Waals surface area contributed by atoms with Gasteiger partial charge in [0.2, 0.25) is 22.9 Å². The number of carbonyl (C=O) groups excluding carboxylic acids is 3. The van der Waals surface area contributed by atoms with Gasteiger partial charge in [0.15, 0.2) is 4.34 Å². The Morgan fingerprint density at radius 3 is 2.58 bits per heavy atom. The van der Waals surface area contributed by atoms with E-state index >= 15 is 0 Å². The van der Waals surface area contributed by atoms with Crippen molar-refractivity contribution in [1.82, 2.24) is 15.1 Å². The second-order valence-electron chi connectivity index (χ2n) is 7.88. The molecular weight excluding hydrogens is 439 g/mol. The van der Waals surface area contributed by atoms with Crippen molar-refractivity contribution < 1.29 is 18.8 Å². The number of likely N-dealkylation sites (tertiary alicyclic amines) is 1. The van der Waals surface area contributed by atoms with Crippen molar-refractivity contribution in [2.24, 2.45) is 23.7 Å². The molecule has 1 saturated heterocycles. The Bertz CT molecular complexity index is 1060. The summed E-state index contributed by atoms with van der Waals surface area (Å²) >= 11 is 2.53. The van der Waals surface area contributed by atoms with E-state index in [1.807, 2.05) is 12.2 Å². The van der Waals surface area contributed by atoms with E-state index in [0.29, 0.717) is 20.8 Å². The van der Waals surface area contributed by atoms with Crippen molar-refractivity contribution in [3.63, 3.8) is 0 Å². The van der Waals surface area contributed by atoms with E-state index in [2.05, 4.69) is 15.5 Å². The lowest BCUT2D eigenvalue weighted by Crippen LogP contribution is -2.35. The SMILES string of the molecule is O=C(CCN1C(=O)[C@@H]2[C@H](C1=O)[C@@H]1C=C[C@H]2C1)Nc1nnc(SCc2ccccc2F)s1. The van der Waals surface area contributed by atoms with Crippen molar-refractivity contribution >= 4 is 46.0 Å². The first kappa shape index (κ1) is 20.3. The zero-order valence-electron chi connectivity index (χ0n) is 16.4. The molecule has 3 aliphatic rings. The summed E-state index contributed by atoms with van der Waals surface area (Å²) < 4.78 is 14.3. The molecule has 4 atom stereocenters. The molecule has 3 amide bonds. The quantitative estimate of drug-likeness (QED) is 0.297. The molecule has 1 aromatic heterocycles. The number of nitrogens with zero attached hydrogens (tertiary/aromatic N) is 3. The molecule has 2 aromatic rings. The van der Waals surface area contributed by atoms with Gasteiger partial charge in [-0.05, 0) is 29.9 Å². The second-order valence-corrected chi connectivity index (χ2v) is 10.1. The summed E-state index contributed by atoms with van der Waals surface area (Å²) in [5.74, 6) is -0.671. The first-order valence-corrected chi connectivity index (χ1v) is 11.8. The van der Waals surface area contributed by atoms with Crippen LogP contribution in [0.25, 0.3) is 0 Å². The third-order valence-corrected chi connectivity index (χ3v) is 8.11. The molecule has 0 radical (unpaired) electrons. The monoisotopic (exact) mass is 458 g/mol. The number of rotatable bonds is 7. The third-order valence-electron chi connectivity index (χ3n) is 6.09. The number of fused-ring (bicyclic) bond motifs is 5. The minimum absolute atomic E-state index is 0.0109. The van der Waals surface area contributed by atoms with Gasteiger partial charge in [0.05, 0.1) is 11.8 Å². The van der Waals surface area contributed by atoms with E-state index < -0.39 is 0 Å². The van der Waals surface area contributed by atoms with E-state index in [-0.39, 0.29) is 60.2 Å². The molecule has 2 heterocycles. The number of benzene rings is 1. The standard InChI is InChI=1S/C21H19FN4O3S2/c22-14-4-2-1-3-13(14)10-30-21-25-24-20(31-21)23-15(27)7-8-26-18(28)16-11-5-6-12(9-11)17(16)19(26)29/h1-6,11-12,16-17H,7-10H2,(H,23,24,27)/t11-,12+,16-,17+. The molecule has 0 spiro atoms. The van der Waals surface area contributed by atoms with Gasteiger partial charge >= 0.3 is 0 Å². The van der Waals surface area contributed by atoms with E-state index in [1.165, 1.54) is 34.1 Å². The number of thioether (sulfide) groups is 1. The van der Waals surface area contributed by atoms with Crippen LogP contribution in [0.1, 0.15) is 18.4 Å². The predicted octanol–water partition coefficient (Wildman–Crippen LogP) is 3.11. The second kappa shape index (κ2) is 8.16. The summed E-state index contributed by atoms with van der Waals surface area (Å²) in [5, 5.41) is 10.9. The molecule has 160 valence electrons. The largest absolute Gasteiger partial charge is 0.300 e. The number of allylic oxidation sites excluding steroid dienone is 2. The first-order chi connectivity index (χ1) is 15.0. The fourth-order valence-corrected chi connectivity index (χ4v) is 6.41. The topological polar surface area (TPSA) is 92.3 Å². The van der Waals surface area contributed by atoms with Gasteiger partial charge in [-0.2, -0.15) is 0 Å². The Hall–Kier alpha value is -2.59. The summed E-state index contributed by atoms with van der Waals surface area (Å²) in [6, 6.07) is 6.53. The van der Waals surface area contributed by atoms with Crippen LogP contribution in [0.3, 0.4) is 0 Å². The predicted molar refractivity (Wildman–Crippen MR) is 114 cm³/mol. The van der Waals surface area contributed by atoms with Gasteiger partial charge in [0.25, 0.3) is 0 Å². The van der Waals surface area contributed by atoms with Crippen LogP contribution in [-0.4, -0.2) is 39.4 Å². The van der Waals surface area contributed by atoms with Gasteiger partial charge in [-0.3, -0.25) is 19.3 Å². The zero-order chi connectivity index (χ0) is 21.5. The molecule has 2 bridgehead atoms. The Labute approximate surface area is 186 Å². The molecule has 0 unspecified atom stereocenters. The van der Waals surface area contributed by atoms with Gasteiger partial charge in [-0.25, -0.2) is 4.39 Å². The number of hydrogen-bond acceptors (Lipinski definition) is 7. The van der Waals surface area contributed by atoms with Crippen LogP contribution in [-0.2, 0) is 20.1 Å². The van der Waals surface area contributed by atoms with E-state index in [0.717, 1.165) is 6.42 Å². The molecule has 7 nitrogen and oxygen atoms in total. The molecule has 1 aromatic carbocycles. The fraction of sp³-hybridized carbons (Fsp3) is 0.381. The highest BCUT2D eigenvalue weighted by Crippen LogP contribution is 2.52.